The predicted molar refractivity (Wildman–Crippen MR) is 67.7 cm³/mol. The van der Waals surface area contributed by atoms with Gasteiger partial charge in [0, 0.05) is 24.8 Å². The van der Waals surface area contributed by atoms with Crippen molar-refractivity contribution in [3.05, 3.63) is 18.0 Å². The fourth-order valence-corrected chi connectivity index (χ4v) is 3.25. The molecule has 1 aromatic rings. The molecular formula is C13H21ClN2. The molecule has 2 nitrogen and oxygen atoms in total. The van der Waals surface area contributed by atoms with E-state index in [4.69, 9.17) is 11.6 Å². The zero-order valence-corrected chi connectivity index (χ0v) is 10.8. The van der Waals surface area contributed by atoms with Gasteiger partial charge in [0.05, 0.1) is 0 Å². The number of hydrogen-bond acceptors (Lipinski definition) is 1. The summed E-state index contributed by atoms with van der Waals surface area (Å²) in [4.78, 5) is 0. The van der Waals surface area contributed by atoms with Gasteiger partial charge in [0.25, 0.3) is 0 Å². The van der Waals surface area contributed by atoms with E-state index >= 15 is 0 Å². The number of rotatable bonds is 5. The molecule has 0 N–H and O–H groups in total. The van der Waals surface area contributed by atoms with E-state index < -0.39 is 0 Å². The van der Waals surface area contributed by atoms with Crippen molar-refractivity contribution in [1.29, 1.82) is 0 Å². The first-order chi connectivity index (χ1) is 7.81. The number of aryl methyl sites for hydroxylation is 2. The Hall–Kier alpha value is -0.500. The van der Waals surface area contributed by atoms with Crippen molar-refractivity contribution < 1.29 is 0 Å². The molecule has 1 heterocycles. The smallest absolute Gasteiger partial charge is 0.0492 e. The third-order valence-corrected chi connectivity index (χ3v) is 4.35. The highest BCUT2D eigenvalue weighted by Gasteiger charge is 2.24. The van der Waals surface area contributed by atoms with Crippen molar-refractivity contribution >= 4 is 11.6 Å². The van der Waals surface area contributed by atoms with Gasteiger partial charge in [-0.3, -0.25) is 4.68 Å². The molecule has 1 fully saturated rings. The highest BCUT2D eigenvalue weighted by Crippen LogP contribution is 2.34. The van der Waals surface area contributed by atoms with E-state index in [2.05, 4.69) is 11.2 Å². The zero-order valence-electron chi connectivity index (χ0n) is 10.0. The Morgan fingerprint density at radius 3 is 2.81 bits per heavy atom. The van der Waals surface area contributed by atoms with Crippen LogP contribution in [0.5, 0.6) is 0 Å². The summed E-state index contributed by atoms with van der Waals surface area (Å²) >= 11 is 6.11. The second-order valence-electron chi connectivity index (χ2n) is 4.94. The quantitative estimate of drug-likeness (QED) is 0.722. The normalized spacial score (nSPS) is 19.1. The van der Waals surface area contributed by atoms with Crippen LogP contribution in [0.1, 0.15) is 37.8 Å². The second kappa shape index (κ2) is 5.72. The molecule has 1 aliphatic rings. The van der Waals surface area contributed by atoms with Crippen LogP contribution >= 0.6 is 11.6 Å². The Balaban J connectivity index is 1.85. The van der Waals surface area contributed by atoms with Gasteiger partial charge in [0.2, 0.25) is 0 Å². The molecule has 0 bridgehead atoms. The van der Waals surface area contributed by atoms with Crippen molar-refractivity contribution in [2.45, 2.75) is 38.5 Å². The fourth-order valence-electron chi connectivity index (χ4n) is 2.85. The largest absolute Gasteiger partial charge is 0.273 e. The zero-order chi connectivity index (χ0) is 11.4. The maximum Gasteiger partial charge on any atom is 0.0492 e. The van der Waals surface area contributed by atoms with Crippen LogP contribution in [0.25, 0.3) is 0 Å². The fraction of sp³-hybridized carbons (Fsp3) is 0.769. The molecule has 3 heteroatoms. The highest BCUT2D eigenvalue weighted by molar-refractivity contribution is 6.18. The molecule has 0 spiro atoms. The maximum absolute atomic E-state index is 6.11. The van der Waals surface area contributed by atoms with Crippen molar-refractivity contribution in [3.8, 4) is 0 Å². The summed E-state index contributed by atoms with van der Waals surface area (Å²) in [5, 5.41) is 4.20. The molecule has 1 aliphatic carbocycles. The van der Waals surface area contributed by atoms with Crippen LogP contribution in [0.2, 0.25) is 0 Å². The maximum atomic E-state index is 6.11. The molecule has 1 aromatic heterocycles. The van der Waals surface area contributed by atoms with Gasteiger partial charge in [0.1, 0.15) is 0 Å². The van der Waals surface area contributed by atoms with Crippen molar-refractivity contribution in [3.63, 3.8) is 0 Å². The first-order valence-electron chi connectivity index (χ1n) is 6.34. The van der Waals surface area contributed by atoms with E-state index in [9.17, 15) is 0 Å². The lowest BCUT2D eigenvalue weighted by molar-refractivity contribution is 0.347. The lowest BCUT2D eigenvalue weighted by atomic mass is 9.88. The molecule has 0 saturated heterocycles. The van der Waals surface area contributed by atoms with Crippen LogP contribution in [-0.2, 0) is 13.5 Å². The summed E-state index contributed by atoms with van der Waals surface area (Å²) in [7, 11) is 2.01. The Labute approximate surface area is 103 Å². The molecule has 90 valence electrons. The van der Waals surface area contributed by atoms with Crippen LogP contribution in [0.15, 0.2) is 12.3 Å². The lowest BCUT2D eigenvalue weighted by Crippen LogP contribution is -2.15. The van der Waals surface area contributed by atoms with Crippen LogP contribution in [0, 0.1) is 11.8 Å². The Morgan fingerprint density at radius 2 is 2.25 bits per heavy atom. The van der Waals surface area contributed by atoms with E-state index in [0.29, 0.717) is 5.92 Å². The molecule has 2 rings (SSSR count). The summed E-state index contributed by atoms with van der Waals surface area (Å²) < 4.78 is 1.97. The number of alkyl halides is 1. The van der Waals surface area contributed by atoms with E-state index in [0.717, 1.165) is 18.2 Å². The topological polar surface area (TPSA) is 17.8 Å². The van der Waals surface area contributed by atoms with Gasteiger partial charge in [-0.25, -0.2) is 0 Å². The molecule has 1 saturated carbocycles. The minimum Gasteiger partial charge on any atom is -0.273 e. The molecular weight excluding hydrogens is 220 g/mol. The number of halogens is 1. The first-order valence-corrected chi connectivity index (χ1v) is 6.87. The monoisotopic (exact) mass is 240 g/mol. The summed E-state index contributed by atoms with van der Waals surface area (Å²) in [6.07, 6.45) is 9.80. The molecule has 0 aromatic carbocycles. The average Bonchev–Trinajstić information content (AvgIpc) is 2.92. The average molecular weight is 241 g/mol. The van der Waals surface area contributed by atoms with Crippen molar-refractivity contribution in [2.24, 2.45) is 18.9 Å². The van der Waals surface area contributed by atoms with Crippen LogP contribution in [-0.4, -0.2) is 15.7 Å². The first kappa shape index (κ1) is 12.0. The minimum absolute atomic E-state index is 0.707. The minimum atomic E-state index is 0.707. The Morgan fingerprint density at radius 1 is 1.50 bits per heavy atom. The van der Waals surface area contributed by atoms with Gasteiger partial charge in [-0.1, -0.05) is 25.7 Å². The van der Waals surface area contributed by atoms with E-state index in [1.165, 1.54) is 37.8 Å². The third kappa shape index (κ3) is 2.79. The van der Waals surface area contributed by atoms with Gasteiger partial charge in [0.15, 0.2) is 0 Å². The summed E-state index contributed by atoms with van der Waals surface area (Å²) in [6, 6.07) is 2.11. The summed E-state index contributed by atoms with van der Waals surface area (Å²) in [5.41, 5.74) is 1.33. The number of aromatic nitrogens is 2. The second-order valence-corrected chi connectivity index (χ2v) is 5.25. The van der Waals surface area contributed by atoms with Crippen LogP contribution in [0.3, 0.4) is 0 Å². The van der Waals surface area contributed by atoms with Gasteiger partial charge in [-0.2, -0.15) is 5.10 Å². The molecule has 1 unspecified atom stereocenters. The Bertz CT molecular complexity index is 315. The van der Waals surface area contributed by atoms with Crippen LogP contribution < -0.4 is 0 Å². The number of hydrogen-bond donors (Lipinski definition) is 0. The van der Waals surface area contributed by atoms with Crippen LogP contribution in [0.4, 0.5) is 0 Å². The summed E-state index contributed by atoms with van der Waals surface area (Å²) in [5.74, 6) is 2.41. The van der Waals surface area contributed by atoms with E-state index in [-0.39, 0.29) is 0 Å². The molecule has 0 radical (unpaired) electrons. The SMILES string of the molecule is Cn1nccc1CCC(CCl)C1CCCC1. The third-order valence-electron chi connectivity index (χ3n) is 3.96. The predicted octanol–water partition coefficient (Wildman–Crippen LogP) is 3.40. The van der Waals surface area contributed by atoms with Gasteiger partial charge < -0.3 is 0 Å². The van der Waals surface area contributed by atoms with E-state index in [1.54, 1.807) is 0 Å². The van der Waals surface area contributed by atoms with Crippen molar-refractivity contribution in [2.75, 3.05) is 5.88 Å². The molecule has 1 atom stereocenters. The van der Waals surface area contributed by atoms with Crippen molar-refractivity contribution in [1.82, 2.24) is 9.78 Å². The lowest BCUT2D eigenvalue weighted by Gasteiger charge is -2.20. The van der Waals surface area contributed by atoms with Gasteiger partial charge in [-0.15, -0.1) is 11.6 Å². The standard InChI is InChI=1S/C13H21ClN2/c1-16-13(8-9-15-16)7-6-12(10-14)11-4-2-3-5-11/h8-9,11-12H,2-7,10H2,1H3. The number of nitrogens with zero attached hydrogens (tertiary/aromatic N) is 2. The molecule has 0 amide bonds. The molecule has 0 aliphatic heterocycles. The summed E-state index contributed by atoms with van der Waals surface area (Å²) in [6.45, 7) is 0. The van der Waals surface area contributed by atoms with Gasteiger partial charge in [-0.05, 0) is 30.7 Å². The van der Waals surface area contributed by atoms with E-state index in [1.807, 2.05) is 17.9 Å². The highest BCUT2D eigenvalue weighted by atomic mass is 35.5. The van der Waals surface area contributed by atoms with Gasteiger partial charge >= 0.3 is 0 Å². The molecule has 16 heavy (non-hydrogen) atoms. The Kier molecular flexibility index (Phi) is 4.28.